The number of nitrogens with zero attached hydrogens (tertiary/aromatic N) is 2. The fourth-order valence-electron chi connectivity index (χ4n) is 4.10. The molecule has 1 saturated heterocycles. The molecule has 3 heteroatoms. The normalized spacial score (nSPS) is 26.5. The molecule has 1 heterocycles. The Morgan fingerprint density at radius 1 is 1.11 bits per heavy atom. The van der Waals surface area contributed by atoms with Crippen LogP contribution in [0.2, 0.25) is 0 Å². The molecule has 0 bridgehead atoms. The zero-order valence-electron chi connectivity index (χ0n) is 13.0. The molecule has 2 fully saturated rings. The maximum absolute atomic E-state index is 6.22. The largest absolute Gasteiger partial charge is 0.329 e. The van der Waals surface area contributed by atoms with Gasteiger partial charge >= 0.3 is 0 Å². The third-order valence-electron chi connectivity index (χ3n) is 5.71. The van der Waals surface area contributed by atoms with Crippen LogP contribution in [-0.2, 0) is 0 Å². The van der Waals surface area contributed by atoms with Gasteiger partial charge in [0.25, 0.3) is 0 Å². The van der Waals surface area contributed by atoms with Crippen LogP contribution in [-0.4, -0.2) is 54.6 Å². The number of rotatable bonds is 4. The maximum atomic E-state index is 6.22. The van der Waals surface area contributed by atoms with Crippen LogP contribution in [0.25, 0.3) is 0 Å². The Labute approximate surface area is 119 Å². The summed E-state index contributed by atoms with van der Waals surface area (Å²) in [4.78, 5) is 5.26. The second-order valence-electron chi connectivity index (χ2n) is 6.62. The molecular weight excluding hydrogens is 234 g/mol. The van der Waals surface area contributed by atoms with Crippen molar-refractivity contribution in [3.05, 3.63) is 0 Å². The summed E-state index contributed by atoms with van der Waals surface area (Å²) in [7, 11) is 2.35. The summed E-state index contributed by atoms with van der Waals surface area (Å²) in [6.45, 7) is 6.87. The highest BCUT2D eigenvalue weighted by atomic mass is 15.2. The van der Waals surface area contributed by atoms with Gasteiger partial charge in [-0.3, -0.25) is 4.90 Å². The first-order valence-electron chi connectivity index (χ1n) is 8.37. The fourth-order valence-corrected chi connectivity index (χ4v) is 4.10. The van der Waals surface area contributed by atoms with Crippen molar-refractivity contribution in [1.82, 2.24) is 9.80 Å². The standard InChI is InChI=1S/C16H33N3/c1-3-19-12-8-15(9-13-19)18(2)16(14-17)10-6-4-5-7-11-16/h15H,3-14,17H2,1-2H3. The predicted molar refractivity (Wildman–Crippen MR) is 82.4 cm³/mol. The monoisotopic (exact) mass is 267 g/mol. The number of likely N-dealkylation sites (N-methyl/N-ethyl adjacent to an activating group) is 1. The smallest absolute Gasteiger partial charge is 0.0331 e. The third-order valence-corrected chi connectivity index (χ3v) is 5.71. The van der Waals surface area contributed by atoms with Gasteiger partial charge in [0.2, 0.25) is 0 Å². The van der Waals surface area contributed by atoms with Gasteiger partial charge in [0.05, 0.1) is 0 Å². The molecule has 2 rings (SSSR count). The van der Waals surface area contributed by atoms with Crippen LogP contribution in [0.4, 0.5) is 0 Å². The maximum Gasteiger partial charge on any atom is 0.0331 e. The molecule has 0 unspecified atom stereocenters. The highest BCUT2D eigenvalue weighted by Gasteiger charge is 2.37. The van der Waals surface area contributed by atoms with Gasteiger partial charge in [0, 0.05) is 18.1 Å². The van der Waals surface area contributed by atoms with E-state index in [2.05, 4.69) is 23.8 Å². The van der Waals surface area contributed by atoms with Crippen molar-refractivity contribution in [3.8, 4) is 0 Å². The molecule has 19 heavy (non-hydrogen) atoms. The molecule has 0 radical (unpaired) electrons. The molecule has 1 aliphatic heterocycles. The lowest BCUT2D eigenvalue weighted by Crippen LogP contribution is -2.57. The van der Waals surface area contributed by atoms with Crippen molar-refractivity contribution in [2.45, 2.75) is 69.9 Å². The van der Waals surface area contributed by atoms with Gasteiger partial charge in [0.15, 0.2) is 0 Å². The van der Waals surface area contributed by atoms with Crippen molar-refractivity contribution in [2.24, 2.45) is 5.73 Å². The molecule has 0 aromatic heterocycles. The molecule has 0 spiro atoms. The Balaban J connectivity index is 1.97. The molecule has 112 valence electrons. The van der Waals surface area contributed by atoms with E-state index in [1.165, 1.54) is 71.0 Å². The van der Waals surface area contributed by atoms with E-state index >= 15 is 0 Å². The molecule has 1 saturated carbocycles. The molecule has 0 aromatic rings. The van der Waals surface area contributed by atoms with E-state index in [1.807, 2.05) is 0 Å². The van der Waals surface area contributed by atoms with Crippen LogP contribution < -0.4 is 5.73 Å². The lowest BCUT2D eigenvalue weighted by Gasteiger charge is -2.47. The highest BCUT2D eigenvalue weighted by Crippen LogP contribution is 2.34. The van der Waals surface area contributed by atoms with Crippen molar-refractivity contribution in [1.29, 1.82) is 0 Å². The Morgan fingerprint density at radius 2 is 1.68 bits per heavy atom. The van der Waals surface area contributed by atoms with E-state index in [0.29, 0.717) is 5.54 Å². The quantitative estimate of drug-likeness (QED) is 0.794. The van der Waals surface area contributed by atoms with E-state index in [0.717, 1.165) is 12.6 Å². The summed E-state index contributed by atoms with van der Waals surface area (Å²) in [5, 5.41) is 0. The predicted octanol–water partition coefficient (Wildman–Crippen LogP) is 2.45. The van der Waals surface area contributed by atoms with E-state index in [9.17, 15) is 0 Å². The average molecular weight is 267 g/mol. The summed E-state index contributed by atoms with van der Waals surface area (Å²) in [6.07, 6.45) is 10.8. The molecule has 2 N–H and O–H groups in total. The molecule has 0 amide bonds. The van der Waals surface area contributed by atoms with Gasteiger partial charge in [-0.2, -0.15) is 0 Å². The van der Waals surface area contributed by atoms with Gasteiger partial charge in [-0.1, -0.05) is 32.6 Å². The van der Waals surface area contributed by atoms with Crippen molar-refractivity contribution in [2.75, 3.05) is 33.2 Å². The number of hydrogen-bond donors (Lipinski definition) is 1. The second kappa shape index (κ2) is 7.05. The van der Waals surface area contributed by atoms with E-state index < -0.39 is 0 Å². The van der Waals surface area contributed by atoms with Crippen molar-refractivity contribution in [3.63, 3.8) is 0 Å². The minimum atomic E-state index is 0.301. The number of likely N-dealkylation sites (tertiary alicyclic amines) is 1. The summed E-state index contributed by atoms with van der Waals surface area (Å²) < 4.78 is 0. The number of piperidine rings is 1. The molecule has 1 aliphatic carbocycles. The SMILES string of the molecule is CCN1CCC(N(C)C2(CN)CCCCCC2)CC1. The first-order valence-corrected chi connectivity index (χ1v) is 8.37. The van der Waals surface area contributed by atoms with Gasteiger partial charge in [-0.05, 0) is 52.4 Å². The molecule has 0 aromatic carbocycles. The summed E-state index contributed by atoms with van der Waals surface area (Å²) in [5.41, 5.74) is 6.52. The topological polar surface area (TPSA) is 32.5 Å². The molecule has 3 nitrogen and oxygen atoms in total. The van der Waals surface area contributed by atoms with E-state index in [4.69, 9.17) is 5.73 Å². The van der Waals surface area contributed by atoms with Gasteiger partial charge in [-0.25, -0.2) is 0 Å². The summed E-state index contributed by atoms with van der Waals surface area (Å²) in [6, 6.07) is 0.754. The minimum Gasteiger partial charge on any atom is -0.329 e. The lowest BCUT2D eigenvalue weighted by atomic mass is 9.85. The van der Waals surface area contributed by atoms with Crippen molar-refractivity contribution < 1.29 is 0 Å². The second-order valence-corrected chi connectivity index (χ2v) is 6.62. The first kappa shape index (κ1) is 15.3. The Bertz CT molecular complexity index is 251. The molecule has 0 atom stereocenters. The Morgan fingerprint density at radius 3 is 2.16 bits per heavy atom. The summed E-state index contributed by atoms with van der Waals surface area (Å²) in [5.74, 6) is 0. The van der Waals surface area contributed by atoms with Crippen LogP contribution in [0.15, 0.2) is 0 Å². The minimum absolute atomic E-state index is 0.301. The number of nitrogens with two attached hydrogens (primary N) is 1. The van der Waals surface area contributed by atoms with Crippen LogP contribution in [0.3, 0.4) is 0 Å². The van der Waals surface area contributed by atoms with Crippen LogP contribution >= 0.6 is 0 Å². The third kappa shape index (κ3) is 3.50. The fraction of sp³-hybridized carbons (Fsp3) is 1.00. The Kier molecular flexibility index (Phi) is 5.67. The average Bonchev–Trinajstić information content (AvgIpc) is 2.73. The molecular formula is C16H33N3. The van der Waals surface area contributed by atoms with Gasteiger partial charge in [-0.15, -0.1) is 0 Å². The van der Waals surface area contributed by atoms with E-state index in [-0.39, 0.29) is 0 Å². The van der Waals surface area contributed by atoms with Crippen molar-refractivity contribution >= 4 is 0 Å². The zero-order chi connectivity index (χ0) is 13.7. The highest BCUT2D eigenvalue weighted by molar-refractivity contribution is 4.95. The zero-order valence-corrected chi connectivity index (χ0v) is 13.0. The van der Waals surface area contributed by atoms with Crippen LogP contribution in [0.5, 0.6) is 0 Å². The van der Waals surface area contributed by atoms with Crippen LogP contribution in [0.1, 0.15) is 58.3 Å². The van der Waals surface area contributed by atoms with Gasteiger partial charge in [0.1, 0.15) is 0 Å². The van der Waals surface area contributed by atoms with E-state index in [1.54, 1.807) is 0 Å². The Hall–Kier alpha value is -0.120. The molecule has 2 aliphatic rings. The number of hydrogen-bond acceptors (Lipinski definition) is 3. The first-order chi connectivity index (χ1) is 9.22. The summed E-state index contributed by atoms with van der Waals surface area (Å²) >= 11 is 0. The van der Waals surface area contributed by atoms with Gasteiger partial charge < -0.3 is 10.6 Å². The van der Waals surface area contributed by atoms with Crippen LogP contribution in [0, 0.1) is 0 Å². The lowest BCUT2D eigenvalue weighted by molar-refractivity contribution is 0.0296.